The van der Waals surface area contributed by atoms with Crippen molar-refractivity contribution in [3.8, 4) is 0 Å². The first-order chi connectivity index (χ1) is 5.77. The Labute approximate surface area is 79.5 Å². The minimum Gasteiger partial charge on any atom is -0.392 e. The van der Waals surface area contributed by atoms with Gasteiger partial charge in [0.1, 0.15) is 0 Å². The second-order valence-electron chi connectivity index (χ2n) is 4.08. The number of carbonyl (C=O) groups is 1. The summed E-state index contributed by atoms with van der Waals surface area (Å²) in [4.78, 5) is 10.7. The molecule has 0 aliphatic heterocycles. The second-order valence-corrected chi connectivity index (χ2v) is 4.08. The lowest BCUT2D eigenvalue weighted by Crippen LogP contribution is -2.50. The van der Waals surface area contributed by atoms with E-state index in [2.05, 4.69) is 5.32 Å². The van der Waals surface area contributed by atoms with Gasteiger partial charge in [-0.3, -0.25) is 4.79 Å². The Balaban J connectivity index is 3.95. The Bertz CT molecular complexity index is 178. The topological polar surface area (TPSA) is 75.3 Å². The van der Waals surface area contributed by atoms with Gasteiger partial charge in [0.2, 0.25) is 5.91 Å². The van der Waals surface area contributed by atoms with Crippen LogP contribution in [0.3, 0.4) is 0 Å². The molecule has 4 heteroatoms. The molecule has 2 atom stereocenters. The molecular formula is C9H20N2O2. The number of carbonyl (C=O) groups excluding carboxylic acids is 1. The highest BCUT2D eigenvalue weighted by atomic mass is 16.3. The predicted molar refractivity (Wildman–Crippen MR) is 52.1 cm³/mol. The van der Waals surface area contributed by atoms with Crippen molar-refractivity contribution in [2.24, 2.45) is 11.7 Å². The van der Waals surface area contributed by atoms with E-state index >= 15 is 0 Å². The first-order valence-electron chi connectivity index (χ1n) is 4.49. The Morgan fingerprint density at radius 1 is 1.54 bits per heavy atom. The molecule has 0 aromatic heterocycles. The van der Waals surface area contributed by atoms with Crippen LogP contribution in [0.15, 0.2) is 0 Å². The highest BCUT2D eigenvalue weighted by Crippen LogP contribution is 2.08. The molecule has 0 aromatic carbocycles. The third-order valence-corrected chi connectivity index (χ3v) is 2.39. The number of hydrogen-bond acceptors (Lipinski definition) is 3. The average molecular weight is 188 g/mol. The Morgan fingerprint density at radius 3 is 2.31 bits per heavy atom. The fourth-order valence-electron chi connectivity index (χ4n) is 0.664. The summed E-state index contributed by atoms with van der Waals surface area (Å²) in [6.07, 6.45) is -0.465. The van der Waals surface area contributed by atoms with Gasteiger partial charge in [-0.1, -0.05) is 6.92 Å². The zero-order chi connectivity index (χ0) is 10.6. The summed E-state index contributed by atoms with van der Waals surface area (Å²) in [7, 11) is 0. The first-order valence-corrected chi connectivity index (χ1v) is 4.49. The third kappa shape index (κ3) is 4.24. The molecule has 0 spiro atoms. The van der Waals surface area contributed by atoms with E-state index < -0.39 is 6.10 Å². The lowest BCUT2D eigenvalue weighted by atomic mass is 9.98. The molecule has 0 heterocycles. The van der Waals surface area contributed by atoms with E-state index in [1.807, 2.05) is 13.8 Å². The smallest absolute Gasteiger partial charge is 0.221 e. The van der Waals surface area contributed by atoms with Crippen LogP contribution in [0.1, 0.15) is 27.7 Å². The number of aliphatic hydroxyl groups excluding tert-OH is 1. The van der Waals surface area contributed by atoms with Crippen LogP contribution in [0.4, 0.5) is 0 Å². The normalized spacial score (nSPS) is 16.7. The Kier molecular flexibility index (Phi) is 4.36. The summed E-state index contributed by atoms with van der Waals surface area (Å²) in [6.45, 7) is 7.72. The van der Waals surface area contributed by atoms with Crippen molar-refractivity contribution in [1.29, 1.82) is 0 Å². The van der Waals surface area contributed by atoms with E-state index in [9.17, 15) is 9.90 Å². The van der Waals surface area contributed by atoms with E-state index in [4.69, 9.17) is 5.73 Å². The van der Waals surface area contributed by atoms with E-state index in [1.165, 1.54) is 0 Å². The number of rotatable bonds is 5. The van der Waals surface area contributed by atoms with E-state index in [0.717, 1.165) is 0 Å². The Morgan fingerprint density at radius 2 is 2.00 bits per heavy atom. The second kappa shape index (κ2) is 4.58. The van der Waals surface area contributed by atoms with Crippen LogP contribution in [0.5, 0.6) is 0 Å². The quantitative estimate of drug-likeness (QED) is 0.562. The fraction of sp³-hybridized carbons (Fsp3) is 0.889. The summed E-state index contributed by atoms with van der Waals surface area (Å²) in [5.41, 5.74) is 4.71. The van der Waals surface area contributed by atoms with Gasteiger partial charge in [0.25, 0.3) is 0 Å². The minimum atomic E-state index is -0.465. The van der Waals surface area contributed by atoms with E-state index in [0.29, 0.717) is 6.54 Å². The van der Waals surface area contributed by atoms with Gasteiger partial charge in [0.15, 0.2) is 0 Å². The lowest BCUT2D eigenvalue weighted by Gasteiger charge is -2.30. The molecule has 0 bridgehead atoms. The van der Waals surface area contributed by atoms with Gasteiger partial charge in [-0.15, -0.1) is 0 Å². The van der Waals surface area contributed by atoms with Gasteiger partial charge in [-0.25, -0.2) is 0 Å². The predicted octanol–water partition coefficient (Wildman–Crippen LogP) is -0.143. The van der Waals surface area contributed by atoms with Crippen LogP contribution >= 0.6 is 0 Å². The molecule has 2 unspecified atom stereocenters. The number of amides is 1. The number of aliphatic hydroxyl groups is 1. The van der Waals surface area contributed by atoms with Crippen molar-refractivity contribution in [1.82, 2.24) is 5.32 Å². The zero-order valence-electron chi connectivity index (χ0n) is 8.79. The molecular weight excluding hydrogens is 168 g/mol. The van der Waals surface area contributed by atoms with Crippen LogP contribution < -0.4 is 11.1 Å². The van der Waals surface area contributed by atoms with Gasteiger partial charge in [-0.2, -0.15) is 0 Å². The van der Waals surface area contributed by atoms with Crippen LogP contribution in [-0.4, -0.2) is 29.2 Å². The van der Waals surface area contributed by atoms with E-state index in [-0.39, 0.29) is 17.4 Å². The molecule has 4 N–H and O–H groups in total. The molecule has 0 radical (unpaired) electrons. The number of nitrogens with two attached hydrogens (primary N) is 1. The van der Waals surface area contributed by atoms with Crippen molar-refractivity contribution in [3.63, 3.8) is 0 Å². The molecule has 4 nitrogen and oxygen atoms in total. The van der Waals surface area contributed by atoms with Crippen LogP contribution in [0, 0.1) is 5.92 Å². The largest absolute Gasteiger partial charge is 0.392 e. The monoisotopic (exact) mass is 188 g/mol. The van der Waals surface area contributed by atoms with Gasteiger partial charge in [-0.05, 0) is 20.8 Å². The lowest BCUT2D eigenvalue weighted by molar-refractivity contribution is -0.121. The van der Waals surface area contributed by atoms with Crippen LogP contribution in [0.2, 0.25) is 0 Å². The molecule has 0 aliphatic rings. The summed E-state index contributed by atoms with van der Waals surface area (Å²) in [5, 5.41) is 12.4. The minimum absolute atomic E-state index is 0.210. The summed E-state index contributed by atoms with van der Waals surface area (Å²) in [5.74, 6) is -0.535. The van der Waals surface area contributed by atoms with E-state index in [1.54, 1.807) is 13.8 Å². The summed E-state index contributed by atoms with van der Waals surface area (Å²) < 4.78 is 0. The number of nitrogens with one attached hydrogen (secondary N) is 1. The SMILES string of the molecule is CC(CNC(C)(C)C(C)O)C(N)=O. The van der Waals surface area contributed by atoms with Crippen LogP contribution in [0.25, 0.3) is 0 Å². The average Bonchev–Trinajstić information content (AvgIpc) is 1.99. The standard InChI is InChI=1S/C9H20N2O2/c1-6(8(10)13)5-11-9(3,4)7(2)12/h6-7,11-12H,5H2,1-4H3,(H2,10,13). The van der Waals surface area contributed by atoms with Gasteiger partial charge >= 0.3 is 0 Å². The zero-order valence-corrected chi connectivity index (χ0v) is 8.79. The molecule has 0 rings (SSSR count). The molecule has 0 fully saturated rings. The first kappa shape index (κ1) is 12.4. The maximum Gasteiger partial charge on any atom is 0.221 e. The van der Waals surface area contributed by atoms with Crippen molar-refractivity contribution < 1.29 is 9.90 Å². The number of primary amides is 1. The maximum absolute atomic E-state index is 10.7. The molecule has 1 amide bonds. The van der Waals surface area contributed by atoms with Crippen LogP contribution in [-0.2, 0) is 4.79 Å². The maximum atomic E-state index is 10.7. The van der Waals surface area contributed by atoms with Crippen molar-refractivity contribution >= 4 is 5.91 Å². The highest BCUT2D eigenvalue weighted by Gasteiger charge is 2.24. The van der Waals surface area contributed by atoms with Crippen molar-refractivity contribution in [2.45, 2.75) is 39.3 Å². The molecule has 0 aliphatic carbocycles. The Hall–Kier alpha value is -0.610. The summed E-state index contributed by atoms with van der Waals surface area (Å²) >= 11 is 0. The fourth-order valence-corrected chi connectivity index (χ4v) is 0.664. The molecule has 13 heavy (non-hydrogen) atoms. The molecule has 0 saturated heterocycles. The van der Waals surface area contributed by atoms with Crippen molar-refractivity contribution in [2.75, 3.05) is 6.54 Å². The van der Waals surface area contributed by atoms with Crippen molar-refractivity contribution in [3.05, 3.63) is 0 Å². The summed E-state index contributed by atoms with van der Waals surface area (Å²) in [6, 6.07) is 0. The molecule has 78 valence electrons. The van der Waals surface area contributed by atoms with Gasteiger partial charge < -0.3 is 16.2 Å². The highest BCUT2D eigenvalue weighted by molar-refractivity contribution is 5.76. The van der Waals surface area contributed by atoms with Gasteiger partial charge in [0, 0.05) is 18.0 Å². The van der Waals surface area contributed by atoms with Gasteiger partial charge in [0.05, 0.1) is 6.10 Å². The number of hydrogen-bond donors (Lipinski definition) is 3. The molecule has 0 aromatic rings. The molecule has 0 saturated carbocycles. The third-order valence-electron chi connectivity index (χ3n) is 2.39.